The van der Waals surface area contributed by atoms with Gasteiger partial charge in [-0.25, -0.2) is 0 Å². The molecule has 1 aromatic carbocycles. The Labute approximate surface area is 136 Å². The van der Waals surface area contributed by atoms with Gasteiger partial charge in [0.25, 0.3) is 5.91 Å². The van der Waals surface area contributed by atoms with Crippen molar-refractivity contribution in [2.75, 3.05) is 11.9 Å². The Bertz CT molecular complexity index is 693. The number of fused-ring (bicyclic) bond motifs is 1. The molecule has 1 fully saturated rings. The van der Waals surface area contributed by atoms with Crippen LogP contribution < -0.4 is 15.5 Å². The van der Waals surface area contributed by atoms with Crippen LogP contribution in [-0.2, 0) is 4.79 Å². The Morgan fingerprint density at radius 2 is 2.09 bits per heavy atom. The molecule has 0 spiro atoms. The summed E-state index contributed by atoms with van der Waals surface area (Å²) in [6.07, 6.45) is 2.96. The van der Waals surface area contributed by atoms with Crippen LogP contribution in [0.25, 0.3) is 6.08 Å². The molecule has 2 aliphatic rings. The predicted octanol–water partition coefficient (Wildman–Crippen LogP) is 2.75. The third kappa shape index (κ3) is 2.50. The van der Waals surface area contributed by atoms with Crippen molar-refractivity contribution in [3.05, 3.63) is 35.0 Å². The number of thiocarbonyl (C=S) groups is 1. The summed E-state index contributed by atoms with van der Waals surface area (Å²) >= 11 is 4.96. The quantitative estimate of drug-likeness (QED) is 0.618. The number of amides is 1. The molecule has 1 saturated heterocycles. The Morgan fingerprint density at radius 1 is 1.36 bits per heavy atom. The number of nitrogens with one attached hydrogen (secondary N) is 2. The summed E-state index contributed by atoms with van der Waals surface area (Å²) in [5.74, 6) is 0.319. The lowest BCUT2D eigenvalue weighted by molar-refractivity contribution is -0.115. The van der Waals surface area contributed by atoms with E-state index in [0.717, 1.165) is 12.0 Å². The van der Waals surface area contributed by atoms with Gasteiger partial charge in [0.15, 0.2) is 5.11 Å². The predicted molar refractivity (Wildman–Crippen MR) is 93.8 cm³/mol. The van der Waals surface area contributed by atoms with Crippen molar-refractivity contribution in [2.45, 2.75) is 38.6 Å². The molecule has 5 heteroatoms. The van der Waals surface area contributed by atoms with Gasteiger partial charge in [-0.15, -0.1) is 0 Å². The summed E-state index contributed by atoms with van der Waals surface area (Å²) in [5, 5.41) is 5.83. The first-order chi connectivity index (χ1) is 10.3. The van der Waals surface area contributed by atoms with E-state index in [4.69, 9.17) is 12.2 Å². The van der Waals surface area contributed by atoms with Crippen molar-refractivity contribution in [3.63, 3.8) is 0 Å². The molecule has 116 valence electrons. The third-order valence-electron chi connectivity index (χ3n) is 4.69. The summed E-state index contributed by atoms with van der Waals surface area (Å²) in [6.45, 7) is 6.81. The topological polar surface area (TPSA) is 44.4 Å². The molecule has 1 atom stereocenters. The van der Waals surface area contributed by atoms with Gasteiger partial charge in [-0.2, -0.15) is 0 Å². The SMILES string of the molecule is C[C@H]1CC(C)(C)N(C)c2ccc(/C=C3/NC(=S)NC3=O)cc21. The monoisotopic (exact) mass is 315 g/mol. The van der Waals surface area contributed by atoms with E-state index < -0.39 is 0 Å². The van der Waals surface area contributed by atoms with Gasteiger partial charge in [0.05, 0.1) is 0 Å². The molecule has 2 aliphatic heterocycles. The van der Waals surface area contributed by atoms with E-state index in [1.54, 1.807) is 0 Å². The number of carbonyl (C=O) groups is 1. The molecule has 0 radical (unpaired) electrons. The highest BCUT2D eigenvalue weighted by Gasteiger charge is 2.34. The lowest BCUT2D eigenvalue weighted by Crippen LogP contribution is -2.45. The van der Waals surface area contributed by atoms with Gasteiger partial charge in [-0.05, 0) is 67.7 Å². The zero-order chi connectivity index (χ0) is 16.1. The number of rotatable bonds is 1. The van der Waals surface area contributed by atoms with Crippen LogP contribution in [0.15, 0.2) is 23.9 Å². The number of benzene rings is 1. The fraction of sp³-hybridized carbons (Fsp3) is 0.412. The number of nitrogens with zero attached hydrogens (tertiary/aromatic N) is 1. The molecule has 4 nitrogen and oxygen atoms in total. The van der Waals surface area contributed by atoms with E-state index in [0.29, 0.717) is 16.7 Å². The van der Waals surface area contributed by atoms with Gasteiger partial charge in [-0.3, -0.25) is 10.1 Å². The lowest BCUT2D eigenvalue weighted by Gasteiger charge is -2.45. The van der Waals surface area contributed by atoms with Gasteiger partial charge in [0, 0.05) is 18.3 Å². The minimum absolute atomic E-state index is 0.158. The van der Waals surface area contributed by atoms with Crippen LogP contribution in [0.5, 0.6) is 0 Å². The Hall–Kier alpha value is -1.88. The molecule has 0 bridgehead atoms. The molecule has 2 heterocycles. The highest BCUT2D eigenvalue weighted by atomic mass is 32.1. The highest BCUT2D eigenvalue weighted by molar-refractivity contribution is 7.80. The molecule has 1 amide bonds. The highest BCUT2D eigenvalue weighted by Crippen LogP contribution is 2.42. The zero-order valence-electron chi connectivity index (χ0n) is 13.4. The van der Waals surface area contributed by atoms with Crippen LogP contribution in [0.4, 0.5) is 5.69 Å². The smallest absolute Gasteiger partial charge is 0.273 e. The standard InChI is InChI=1S/C17H21N3OS/c1-10-9-17(2,3)20(4)14-6-5-11(7-12(10)14)8-13-15(21)19-16(22)18-13/h5-8,10H,9H2,1-4H3,(H2,18,19,21,22)/b13-8+/t10-/m0/s1. The summed E-state index contributed by atoms with van der Waals surface area (Å²) in [5.41, 5.74) is 4.27. The van der Waals surface area contributed by atoms with Gasteiger partial charge in [0.1, 0.15) is 5.70 Å². The molecule has 1 aromatic rings. The van der Waals surface area contributed by atoms with Crippen molar-refractivity contribution < 1.29 is 4.79 Å². The van der Waals surface area contributed by atoms with Crippen LogP contribution in [0, 0.1) is 0 Å². The Balaban J connectivity index is 1.98. The average Bonchev–Trinajstić information content (AvgIpc) is 2.74. The minimum Gasteiger partial charge on any atom is -0.369 e. The first-order valence-corrected chi connectivity index (χ1v) is 7.90. The van der Waals surface area contributed by atoms with E-state index in [1.807, 2.05) is 12.1 Å². The third-order valence-corrected chi connectivity index (χ3v) is 4.89. The maximum atomic E-state index is 11.7. The fourth-order valence-electron chi connectivity index (χ4n) is 3.33. The van der Waals surface area contributed by atoms with Gasteiger partial charge in [0.2, 0.25) is 0 Å². The van der Waals surface area contributed by atoms with Crippen molar-refractivity contribution in [3.8, 4) is 0 Å². The van der Waals surface area contributed by atoms with Crippen molar-refractivity contribution in [1.82, 2.24) is 10.6 Å². The second kappa shape index (κ2) is 5.09. The first-order valence-electron chi connectivity index (χ1n) is 7.50. The number of carbonyl (C=O) groups excluding carboxylic acids is 1. The first kappa shape index (κ1) is 15.0. The van der Waals surface area contributed by atoms with Crippen LogP contribution in [0.3, 0.4) is 0 Å². The largest absolute Gasteiger partial charge is 0.369 e. The fourth-order valence-corrected chi connectivity index (χ4v) is 3.54. The van der Waals surface area contributed by atoms with Crippen molar-refractivity contribution in [1.29, 1.82) is 0 Å². The summed E-state index contributed by atoms with van der Waals surface area (Å²) in [7, 11) is 2.15. The molecule has 0 aliphatic carbocycles. The normalized spacial score (nSPS) is 25.0. The molecular formula is C17H21N3OS. The van der Waals surface area contributed by atoms with Crippen molar-refractivity contribution in [2.24, 2.45) is 0 Å². The summed E-state index contributed by atoms with van der Waals surface area (Å²) < 4.78 is 0. The van der Waals surface area contributed by atoms with Crippen LogP contribution in [0.1, 0.15) is 44.2 Å². The number of hydrogen-bond donors (Lipinski definition) is 2. The zero-order valence-corrected chi connectivity index (χ0v) is 14.2. The average molecular weight is 315 g/mol. The van der Waals surface area contributed by atoms with E-state index in [9.17, 15) is 4.79 Å². The van der Waals surface area contributed by atoms with E-state index in [-0.39, 0.29) is 11.4 Å². The van der Waals surface area contributed by atoms with E-state index in [1.165, 1.54) is 11.3 Å². The van der Waals surface area contributed by atoms with Crippen molar-refractivity contribution >= 4 is 35.0 Å². The Morgan fingerprint density at radius 3 is 2.73 bits per heavy atom. The van der Waals surface area contributed by atoms with Gasteiger partial charge < -0.3 is 10.2 Å². The Kier molecular flexibility index (Phi) is 3.48. The van der Waals surface area contributed by atoms with Gasteiger partial charge in [-0.1, -0.05) is 13.0 Å². The lowest BCUT2D eigenvalue weighted by atomic mass is 9.80. The maximum absolute atomic E-state index is 11.7. The second-order valence-corrected chi connectivity index (χ2v) is 7.17. The summed E-state index contributed by atoms with van der Waals surface area (Å²) in [6, 6.07) is 6.37. The van der Waals surface area contributed by atoms with E-state index in [2.05, 4.69) is 55.5 Å². The number of hydrogen-bond acceptors (Lipinski definition) is 3. The molecule has 0 aromatic heterocycles. The van der Waals surface area contributed by atoms with Crippen LogP contribution >= 0.6 is 12.2 Å². The minimum atomic E-state index is -0.172. The van der Waals surface area contributed by atoms with Gasteiger partial charge >= 0.3 is 0 Å². The van der Waals surface area contributed by atoms with Crippen LogP contribution in [0.2, 0.25) is 0 Å². The number of anilines is 1. The van der Waals surface area contributed by atoms with E-state index >= 15 is 0 Å². The molecule has 0 saturated carbocycles. The molecule has 3 rings (SSSR count). The molecule has 22 heavy (non-hydrogen) atoms. The molecule has 0 unspecified atom stereocenters. The second-order valence-electron chi connectivity index (χ2n) is 6.76. The summed E-state index contributed by atoms with van der Waals surface area (Å²) in [4.78, 5) is 14.1. The van der Waals surface area contributed by atoms with Crippen LogP contribution in [-0.4, -0.2) is 23.6 Å². The molecule has 2 N–H and O–H groups in total. The molecular weight excluding hydrogens is 294 g/mol. The maximum Gasteiger partial charge on any atom is 0.273 e.